The van der Waals surface area contributed by atoms with Crippen LogP contribution in [0.15, 0.2) is 40.6 Å². The van der Waals surface area contributed by atoms with E-state index in [0.717, 1.165) is 22.8 Å². The molecule has 0 atom stereocenters. The summed E-state index contributed by atoms with van der Waals surface area (Å²) >= 11 is 1.15. The highest BCUT2D eigenvalue weighted by Gasteiger charge is 2.32. The summed E-state index contributed by atoms with van der Waals surface area (Å²) in [6, 6.07) is 9.23. The van der Waals surface area contributed by atoms with Gasteiger partial charge in [0.15, 0.2) is 0 Å². The number of ether oxygens (including phenoxy) is 1. The monoisotopic (exact) mass is 409 g/mol. The number of hydrogen-bond acceptors (Lipinski definition) is 6. The first-order valence-electron chi connectivity index (χ1n) is 8.72. The van der Waals surface area contributed by atoms with Gasteiger partial charge in [0.05, 0.1) is 7.11 Å². The minimum atomic E-state index is -3.69. The smallest absolute Gasteiger partial charge is 0.262 e. The third-order valence-electron chi connectivity index (χ3n) is 4.47. The van der Waals surface area contributed by atoms with E-state index in [2.05, 4.69) is 10.2 Å². The first kappa shape index (κ1) is 19.7. The predicted molar refractivity (Wildman–Crippen MR) is 106 cm³/mol. The minimum Gasteiger partial charge on any atom is -0.497 e. The van der Waals surface area contributed by atoms with Crippen molar-refractivity contribution < 1.29 is 17.9 Å². The molecule has 2 aromatic rings. The van der Waals surface area contributed by atoms with Crippen molar-refractivity contribution in [1.82, 2.24) is 9.62 Å². The van der Waals surface area contributed by atoms with Crippen LogP contribution in [0, 0.1) is 0 Å². The Morgan fingerprint density at radius 2 is 1.81 bits per heavy atom. The van der Waals surface area contributed by atoms with E-state index in [-0.39, 0.29) is 15.7 Å². The van der Waals surface area contributed by atoms with E-state index in [1.165, 1.54) is 10.4 Å². The molecule has 2 heterocycles. The standard InChI is InChI=1S/C18H23N3O4S2/c1-3-19-18(22)17-16(8-13-26-17)27(23,24)21-11-9-20(10-12-21)14-4-6-15(25-2)7-5-14/h4-8,13H,3,9-12H2,1-2H3,(H,19,22). The number of methoxy groups -OCH3 is 1. The van der Waals surface area contributed by atoms with E-state index < -0.39 is 10.0 Å². The van der Waals surface area contributed by atoms with Gasteiger partial charge in [-0.2, -0.15) is 4.31 Å². The van der Waals surface area contributed by atoms with E-state index in [1.807, 2.05) is 24.3 Å². The molecule has 1 saturated heterocycles. The molecule has 3 rings (SSSR count). The number of rotatable bonds is 6. The molecule has 1 fully saturated rings. The van der Waals surface area contributed by atoms with Crippen LogP contribution in [0.1, 0.15) is 16.6 Å². The van der Waals surface area contributed by atoms with Crippen LogP contribution in [0.3, 0.4) is 0 Å². The topological polar surface area (TPSA) is 79.0 Å². The van der Waals surface area contributed by atoms with Crippen molar-refractivity contribution in [2.45, 2.75) is 11.8 Å². The fourth-order valence-electron chi connectivity index (χ4n) is 3.03. The molecule has 1 aliphatic rings. The summed E-state index contributed by atoms with van der Waals surface area (Å²) in [5, 5.41) is 4.32. The van der Waals surface area contributed by atoms with Crippen LogP contribution >= 0.6 is 11.3 Å². The van der Waals surface area contributed by atoms with Gasteiger partial charge in [0, 0.05) is 38.4 Å². The second-order valence-electron chi connectivity index (χ2n) is 6.06. The number of anilines is 1. The zero-order chi connectivity index (χ0) is 19.4. The van der Waals surface area contributed by atoms with Crippen LogP contribution in [-0.4, -0.2) is 58.5 Å². The van der Waals surface area contributed by atoms with Gasteiger partial charge in [-0.05, 0) is 42.6 Å². The molecule has 1 amide bonds. The van der Waals surface area contributed by atoms with Crippen LogP contribution in [0.5, 0.6) is 5.75 Å². The van der Waals surface area contributed by atoms with Gasteiger partial charge in [-0.1, -0.05) is 0 Å². The van der Waals surface area contributed by atoms with Crippen molar-refractivity contribution in [2.24, 2.45) is 0 Å². The maximum absolute atomic E-state index is 13.0. The van der Waals surface area contributed by atoms with Crippen molar-refractivity contribution in [3.63, 3.8) is 0 Å². The number of carbonyl (C=O) groups is 1. The Kier molecular flexibility index (Phi) is 6.03. The van der Waals surface area contributed by atoms with E-state index in [1.54, 1.807) is 19.4 Å². The zero-order valence-corrected chi connectivity index (χ0v) is 17.0. The number of hydrogen-bond donors (Lipinski definition) is 1. The lowest BCUT2D eigenvalue weighted by Gasteiger charge is -2.35. The van der Waals surface area contributed by atoms with Gasteiger partial charge >= 0.3 is 0 Å². The lowest BCUT2D eigenvalue weighted by atomic mass is 10.2. The molecule has 1 aromatic carbocycles. The number of piperazine rings is 1. The molecule has 9 heteroatoms. The third kappa shape index (κ3) is 4.10. The summed E-state index contributed by atoms with van der Waals surface area (Å²) in [5.74, 6) is 0.443. The van der Waals surface area contributed by atoms with Crippen molar-refractivity contribution in [1.29, 1.82) is 0 Å². The number of benzene rings is 1. The molecular formula is C18H23N3O4S2. The maximum Gasteiger partial charge on any atom is 0.262 e. The van der Waals surface area contributed by atoms with Crippen molar-refractivity contribution >= 4 is 33.0 Å². The number of carbonyl (C=O) groups excluding carboxylic acids is 1. The summed E-state index contributed by atoms with van der Waals surface area (Å²) in [4.78, 5) is 14.6. The van der Waals surface area contributed by atoms with Gasteiger partial charge in [0.2, 0.25) is 10.0 Å². The van der Waals surface area contributed by atoms with Gasteiger partial charge in [0.25, 0.3) is 5.91 Å². The number of thiophene rings is 1. The molecule has 146 valence electrons. The highest BCUT2D eigenvalue weighted by Crippen LogP contribution is 2.27. The lowest BCUT2D eigenvalue weighted by Crippen LogP contribution is -2.48. The first-order chi connectivity index (χ1) is 13.0. The molecule has 0 aliphatic carbocycles. The van der Waals surface area contributed by atoms with Crippen LogP contribution in [-0.2, 0) is 10.0 Å². The molecule has 7 nitrogen and oxygen atoms in total. The van der Waals surface area contributed by atoms with E-state index in [9.17, 15) is 13.2 Å². The molecule has 1 aliphatic heterocycles. The number of amides is 1. The summed E-state index contributed by atoms with van der Waals surface area (Å²) in [6.07, 6.45) is 0. The Morgan fingerprint density at radius 1 is 1.15 bits per heavy atom. The summed E-state index contributed by atoms with van der Waals surface area (Å²) in [5.41, 5.74) is 1.03. The Bertz CT molecular complexity index is 886. The molecule has 0 spiro atoms. The minimum absolute atomic E-state index is 0.0938. The average Bonchev–Trinajstić information content (AvgIpc) is 3.19. The average molecular weight is 410 g/mol. The SMILES string of the molecule is CCNC(=O)c1sccc1S(=O)(=O)N1CCN(c2ccc(OC)cc2)CC1. The highest BCUT2D eigenvalue weighted by atomic mass is 32.2. The molecule has 0 unspecified atom stereocenters. The van der Waals surface area contributed by atoms with Crippen molar-refractivity contribution in [3.8, 4) is 5.75 Å². The lowest BCUT2D eigenvalue weighted by molar-refractivity contribution is 0.0956. The molecule has 1 aromatic heterocycles. The van der Waals surface area contributed by atoms with Gasteiger partial charge in [-0.15, -0.1) is 11.3 Å². The fourth-order valence-corrected chi connectivity index (χ4v) is 5.76. The Balaban J connectivity index is 1.71. The Morgan fingerprint density at radius 3 is 2.41 bits per heavy atom. The molecule has 0 saturated carbocycles. The van der Waals surface area contributed by atoms with Gasteiger partial charge in [-0.25, -0.2) is 8.42 Å². The molecule has 0 bridgehead atoms. The van der Waals surface area contributed by atoms with Crippen LogP contribution in [0.25, 0.3) is 0 Å². The summed E-state index contributed by atoms with van der Waals surface area (Å²) in [7, 11) is -2.07. The van der Waals surface area contributed by atoms with Gasteiger partial charge in [0.1, 0.15) is 15.5 Å². The van der Waals surface area contributed by atoms with Gasteiger partial charge in [-0.3, -0.25) is 4.79 Å². The van der Waals surface area contributed by atoms with Crippen LogP contribution in [0.2, 0.25) is 0 Å². The fraction of sp³-hybridized carbons (Fsp3) is 0.389. The number of sulfonamides is 1. The zero-order valence-electron chi connectivity index (χ0n) is 15.3. The Hall–Kier alpha value is -2.10. The summed E-state index contributed by atoms with van der Waals surface area (Å²) < 4.78 is 32.7. The molecular weight excluding hydrogens is 386 g/mol. The summed E-state index contributed by atoms with van der Waals surface area (Å²) in [6.45, 7) is 4.19. The molecule has 27 heavy (non-hydrogen) atoms. The van der Waals surface area contributed by atoms with Crippen LogP contribution in [0.4, 0.5) is 5.69 Å². The van der Waals surface area contributed by atoms with Crippen molar-refractivity contribution in [2.75, 3.05) is 44.7 Å². The number of nitrogens with one attached hydrogen (secondary N) is 1. The second-order valence-corrected chi connectivity index (χ2v) is 8.89. The first-order valence-corrected chi connectivity index (χ1v) is 11.0. The van der Waals surface area contributed by atoms with Crippen LogP contribution < -0.4 is 15.0 Å². The number of nitrogens with zero attached hydrogens (tertiary/aromatic N) is 2. The van der Waals surface area contributed by atoms with E-state index >= 15 is 0 Å². The quantitative estimate of drug-likeness (QED) is 0.790. The maximum atomic E-state index is 13.0. The molecule has 0 radical (unpaired) electrons. The second kappa shape index (κ2) is 8.28. The third-order valence-corrected chi connectivity index (χ3v) is 7.45. The van der Waals surface area contributed by atoms with E-state index in [0.29, 0.717) is 32.7 Å². The highest BCUT2D eigenvalue weighted by molar-refractivity contribution is 7.89. The predicted octanol–water partition coefficient (Wildman–Crippen LogP) is 2.02. The largest absolute Gasteiger partial charge is 0.497 e. The van der Waals surface area contributed by atoms with Gasteiger partial charge < -0.3 is 15.0 Å². The molecule has 1 N–H and O–H groups in total. The Labute approximate surface area is 163 Å². The normalized spacial score (nSPS) is 15.6. The van der Waals surface area contributed by atoms with E-state index in [4.69, 9.17) is 4.74 Å². The van der Waals surface area contributed by atoms with Crippen molar-refractivity contribution in [3.05, 3.63) is 40.6 Å².